The van der Waals surface area contributed by atoms with Crippen LogP contribution in [0, 0.1) is 17.2 Å². The van der Waals surface area contributed by atoms with Gasteiger partial charge in [0, 0.05) is 19.1 Å². The summed E-state index contributed by atoms with van der Waals surface area (Å²) >= 11 is 0. The van der Waals surface area contributed by atoms with Crippen molar-refractivity contribution in [2.75, 3.05) is 25.0 Å². The van der Waals surface area contributed by atoms with E-state index in [-0.39, 0.29) is 11.9 Å². The van der Waals surface area contributed by atoms with Gasteiger partial charge >= 0.3 is 0 Å². The van der Waals surface area contributed by atoms with E-state index in [1.54, 1.807) is 24.3 Å². The number of para-hydroxylation sites is 1. The molecule has 1 amide bonds. The number of hydrogen-bond donors (Lipinski definition) is 2. The lowest BCUT2D eigenvalue weighted by atomic mass is 9.95. The number of carbonyl (C=O) groups is 1. The van der Waals surface area contributed by atoms with Crippen LogP contribution in [0.4, 0.5) is 5.69 Å². The van der Waals surface area contributed by atoms with E-state index in [9.17, 15) is 4.79 Å². The molecule has 5 heteroatoms. The zero-order valence-electron chi connectivity index (χ0n) is 11.7. The van der Waals surface area contributed by atoms with E-state index < -0.39 is 0 Å². The first kappa shape index (κ1) is 14.5. The van der Waals surface area contributed by atoms with E-state index in [1.165, 1.54) is 0 Å². The van der Waals surface area contributed by atoms with Crippen LogP contribution in [0.1, 0.15) is 18.9 Å². The summed E-state index contributed by atoms with van der Waals surface area (Å²) in [7, 11) is 0. The van der Waals surface area contributed by atoms with E-state index >= 15 is 0 Å². The van der Waals surface area contributed by atoms with Crippen LogP contribution >= 0.6 is 0 Å². The topological polar surface area (TPSA) is 82.2 Å². The van der Waals surface area contributed by atoms with Crippen LogP contribution in [0.15, 0.2) is 24.3 Å². The highest BCUT2D eigenvalue weighted by Gasteiger charge is 2.24. The highest BCUT2D eigenvalue weighted by molar-refractivity contribution is 5.93. The van der Waals surface area contributed by atoms with E-state index in [0.717, 1.165) is 19.5 Å². The van der Waals surface area contributed by atoms with Gasteiger partial charge in [-0.2, -0.15) is 5.26 Å². The lowest BCUT2D eigenvalue weighted by Crippen LogP contribution is -2.48. The van der Waals surface area contributed by atoms with Crippen molar-refractivity contribution in [1.29, 1.82) is 5.26 Å². The van der Waals surface area contributed by atoms with Crippen molar-refractivity contribution in [2.45, 2.75) is 19.4 Å². The standard InChI is InChI=1S/C15H20N4O/c1-11-9-19(7-6-13(11)17)10-15(20)18-14-5-3-2-4-12(14)8-16/h2-5,11,13H,6-7,9-10,17H2,1H3,(H,18,20). The van der Waals surface area contributed by atoms with Gasteiger partial charge in [-0.1, -0.05) is 19.1 Å². The first-order valence-electron chi connectivity index (χ1n) is 6.87. The van der Waals surface area contributed by atoms with E-state index in [4.69, 9.17) is 11.0 Å². The first-order chi connectivity index (χ1) is 9.60. The molecule has 1 saturated heterocycles. The molecule has 1 aliphatic heterocycles. The number of amides is 1. The molecule has 2 atom stereocenters. The molecule has 1 aromatic carbocycles. The number of piperidine rings is 1. The normalized spacial score (nSPS) is 23.1. The minimum absolute atomic E-state index is 0.0876. The molecule has 0 aromatic heterocycles. The number of nitrogens with zero attached hydrogens (tertiary/aromatic N) is 2. The zero-order chi connectivity index (χ0) is 14.5. The van der Waals surface area contributed by atoms with Crippen LogP contribution in [0.25, 0.3) is 0 Å². The van der Waals surface area contributed by atoms with E-state index in [1.807, 2.05) is 0 Å². The molecular weight excluding hydrogens is 252 g/mol. The molecule has 0 spiro atoms. The van der Waals surface area contributed by atoms with Crippen molar-refractivity contribution in [3.8, 4) is 6.07 Å². The van der Waals surface area contributed by atoms with E-state index in [2.05, 4.69) is 23.2 Å². The quantitative estimate of drug-likeness (QED) is 0.865. The van der Waals surface area contributed by atoms with Crippen LogP contribution in [-0.2, 0) is 4.79 Å². The van der Waals surface area contributed by atoms with Crippen molar-refractivity contribution in [1.82, 2.24) is 4.90 Å². The van der Waals surface area contributed by atoms with Crippen molar-refractivity contribution in [3.63, 3.8) is 0 Å². The SMILES string of the molecule is CC1CN(CC(=O)Nc2ccccc2C#N)CCC1N. The monoisotopic (exact) mass is 272 g/mol. The van der Waals surface area contributed by atoms with Crippen LogP contribution in [-0.4, -0.2) is 36.5 Å². The van der Waals surface area contributed by atoms with Gasteiger partial charge in [0.2, 0.25) is 5.91 Å². The summed E-state index contributed by atoms with van der Waals surface area (Å²) in [6, 6.07) is 9.32. The Morgan fingerprint density at radius 3 is 3.00 bits per heavy atom. The van der Waals surface area contributed by atoms with Crippen molar-refractivity contribution in [2.24, 2.45) is 11.7 Å². The summed E-state index contributed by atoms with van der Waals surface area (Å²) in [6.45, 7) is 4.14. The molecule has 3 N–H and O–H groups in total. The lowest BCUT2D eigenvalue weighted by Gasteiger charge is -2.34. The molecular formula is C15H20N4O. The second-order valence-corrected chi connectivity index (χ2v) is 5.37. The molecule has 1 fully saturated rings. The van der Waals surface area contributed by atoms with Crippen LogP contribution in [0.5, 0.6) is 0 Å². The third kappa shape index (κ3) is 3.56. The Balaban J connectivity index is 1.91. The predicted octanol–water partition coefficient (Wildman–Crippen LogP) is 1.17. The highest BCUT2D eigenvalue weighted by Crippen LogP contribution is 2.16. The average Bonchev–Trinajstić information content (AvgIpc) is 2.43. The van der Waals surface area contributed by atoms with Gasteiger partial charge in [0.1, 0.15) is 6.07 Å². The second-order valence-electron chi connectivity index (χ2n) is 5.37. The van der Waals surface area contributed by atoms with Crippen LogP contribution in [0.3, 0.4) is 0 Å². The van der Waals surface area contributed by atoms with Crippen LogP contribution < -0.4 is 11.1 Å². The number of benzene rings is 1. The Kier molecular flexibility index (Phi) is 4.72. The van der Waals surface area contributed by atoms with Gasteiger partial charge in [-0.3, -0.25) is 9.69 Å². The molecule has 2 unspecified atom stereocenters. The Bertz CT molecular complexity index is 523. The predicted molar refractivity (Wildman–Crippen MR) is 78.0 cm³/mol. The summed E-state index contributed by atoms with van der Waals surface area (Å²) in [5, 5.41) is 11.8. The fourth-order valence-corrected chi connectivity index (χ4v) is 2.48. The summed E-state index contributed by atoms with van der Waals surface area (Å²) in [4.78, 5) is 14.2. The number of nitrogens with one attached hydrogen (secondary N) is 1. The molecule has 1 aliphatic rings. The summed E-state index contributed by atoms with van der Waals surface area (Å²) < 4.78 is 0. The van der Waals surface area contributed by atoms with Gasteiger partial charge in [-0.15, -0.1) is 0 Å². The largest absolute Gasteiger partial charge is 0.327 e. The Morgan fingerprint density at radius 1 is 1.55 bits per heavy atom. The Hall–Kier alpha value is -1.90. The molecule has 0 aliphatic carbocycles. The van der Waals surface area contributed by atoms with Crippen molar-refractivity contribution < 1.29 is 4.79 Å². The van der Waals surface area contributed by atoms with Crippen molar-refractivity contribution >= 4 is 11.6 Å². The molecule has 2 rings (SSSR count). The smallest absolute Gasteiger partial charge is 0.238 e. The fourth-order valence-electron chi connectivity index (χ4n) is 2.48. The molecule has 0 saturated carbocycles. The van der Waals surface area contributed by atoms with Gasteiger partial charge in [-0.05, 0) is 24.5 Å². The number of carbonyl (C=O) groups excluding carboxylic acids is 1. The second kappa shape index (κ2) is 6.51. The maximum Gasteiger partial charge on any atom is 0.238 e. The summed E-state index contributed by atoms with van der Waals surface area (Å²) in [5.41, 5.74) is 7.02. The summed E-state index contributed by atoms with van der Waals surface area (Å²) in [5.74, 6) is 0.318. The molecule has 1 heterocycles. The summed E-state index contributed by atoms with van der Waals surface area (Å²) in [6.07, 6.45) is 0.920. The number of likely N-dealkylation sites (tertiary alicyclic amines) is 1. The fraction of sp³-hybridized carbons (Fsp3) is 0.467. The van der Waals surface area contributed by atoms with Crippen molar-refractivity contribution in [3.05, 3.63) is 29.8 Å². The van der Waals surface area contributed by atoms with Gasteiger partial charge < -0.3 is 11.1 Å². The molecule has 1 aromatic rings. The molecule has 20 heavy (non-hydrogen) atoms. The van der Waals surface area contributed by atoms with Gasteiger partial charge in [0.15, 0.2) is 0 Å². The number of anilines is 1. The first-order valence-corrected chi connectivity index (χ1v) is 6.87. The molecule has 0 radical (unpaired) electrons. The highest BCUT2D eigenvalue weighted by atomic mass is 16.2. The van der Waals surface area contributed by atoms with Crippen LogP contribution in [0.2, 0.25) is 0 Å². The molecule has 106 valence electrons. The third-order valence-electron chi connectivity index (χ3n) is 3.74. The van der Waals surface area contributed by atoms with E-state index in [0.29, 0.717) is 23.7 Å². The number of hydrogen-bond acceptors (Lipinski definition) is 4. The zero-order valence-corrected chi connectivity index (χ0v) is 11.7. The minimum Gasteiger partial charge on any atom is -0.327 e. The van der Waals surface area contributed by atoms with Gasteiger partial charge in [0.25, 0.3) is 0 Å². The number of rotatable bonds is 3. The maximum absolute atomic E-state index is 12.0. The minimum atomic E-state index is -0.0876. The van der Waals surface area contributed by atoms with Gasteiger partial charge in [0.05, 0.1) is 17.8 Å². The average molecular weight is 272 g/mol. The number of nitriles is 1. The number of nitrogens with two attached hydrogens (primary N) is 1. The lowest BCUT2D eigenvalue weighted by molar-refractivity contribution is -0.117. The third-order valence-corrected chi connectivity index (χ3v) is 3.74. The van der Waals surface area contributed by atoms with Gasteiger partial charge in [-0.25, -0.2) is 0 Å². The Labute approximate surface area is 119 Å². The molecule has 5 nitrogen and oxygen atoms in total. The maximum atomic E-state index is 12.0. The Morgan fingerprint density at radius 2 is 2.30 bits per heavy atom. The molecule has 0 bridgehead atoms.